The van der Waals surface area contributed by atoms with Crippen molar-refractivity contribution in [3.05, 3.63) is 77.6 Å². The van der Waals surface area contributed by atoms with E-state index in [2.05, 4.69) is 5.32 Å². The van der Waals surface area contributed by atoms with Crippen molar-refractivity contribution in [1.82, 2.24) is 0 Å². The summed E-state index contributed by atoms with van der Waals surface area (Å²) in [6.07, 6.45) is 0.135. The number of hydrogen-bond donors (Lipinski definition) is 1. The Morgan fingerprint density at radius 3 is 2.29 bits per heavy atom. The lowest BCUT2D eigenvalue weighted by molar-refractivity contribution is -0.120. The van der Waals surface area contributed by atoms with Gasteiger partial charge in [0.25, 0.3) is 5.91 Å². The monoisotopic (exact) mass is 419 g/mol. The van der Waals surface area contributed by atoms with Gasteiger partial charge in [0.2, 0.25) is 0 Å². The van der Waals surface area contributed by atoms with Gasteiger partial charge < -0.3 is 15.1 Å². The molecular weight excluding hydrogens is 400 g/mol. The van der Waals surface area contributed by atoms with Gasteiger partial charge in [-0.05, 0) is 42.0 Å². The van der Waals surface area contributed by atoms with Crippen molar-refractivity contribution in [3.63, 3.8) is 0 Å². The number of benzene rings is 3. The molecule has 0 spiro atoms. The van der Waals surface area contributed by atoms with Crippen molar-refractivity contribution in [2.75, 3.05) is 28.2 Å². The highest BCUT2D eigenvalue weighted by Crippen LogP contribution is 2.46. The number of hydrogen-bond acceptors (Lipinski definition) is 4. The fraction of sp³-hybridized carbons (Fsp3) is 0.167. The molecule has 5 nitrogen and oxygen atoms in total. The number of fused-ring (bicyclic) bond motifs is 4. The first-order valence-corrected chi connectivity index (χ1v) is 10.1. The van der Waals surface area contributed by atoms with Crippen molar-refractivity contribution in [2.45, 2.75) is 13.3 Å². The number of anilines is 3. The van der Waals surface area contributed by atoms with Gasteiger partial charge >= 0.3 is 0 Å². The Kier molecular flexibility index (Phi) is 4.46. The van der Waals surface area contributed by atoms with E-state index >= 15 is 0 Å². The van der Waals surface area contributed by atoms with Gasteiger partial charge in [-0.3, -0.25) is 9.59 Å². The van der Waals surface area contributed by atoms with Crippen molar-refractivity contribution >= 4 is 39.5 Å². The number of amides is 1. The topological polar surface area (TPSA) is 52.7 Å². The largest absolute Gasteiger partial charge is 0.325 e. The van der Waals surface area contributed by atoms with Crippen molar-refractivity contribution in [3.8, 4) is 0 Å². The minimum Gasteiger partial charge on any atom is -0.325 e. The molecular formula is C24H19F2N3O2. The second-order valence-electron chi connectivity index (χ2n) is 7.51. The van der Waals surface area contributed by atoms with Crippen LogP contribution in [0.25, 0.3) is 10.8 Å². The van der Waals surface area contributed by atoms with Gasteiger partial charge in [-0.15, -0.1) is 0 Å². The van der Waals surface area contributed by atoms with E-state index in [-0.39, 0.29) is 17.8 Å². The average Bonchev–Trinajstić information content (AvgIpc) is 3.06. The first kappa shape index (κ1) is 19.2. The normalized spacial score (nSPS) is 15.4. The van der Waals surface area contributed by atoms with Crippen LogP contribution < -0.4 is 15.1 Å². The van der Waals surface area contributed by atoms with Gasteiger partial charge in [0.15, 0.2) is 5.78 Å². The lowest BCUT2D eigenvalue weighted by Gasteiger charge is -2.30. The molecule has 5 rings (SSSR count). The molecule has 7 heteroatoms. The Morgan fingerprint density at radius 2 is 1.65 bits per heavy atom. The van der Waals surface area contributed by atoms with Gasteiger partial charge in [-0.1, -0.05) is 30.3 Å². The molecule has 0 unspecified atom stereocenters. The smallest absolute Gasteiger partial charge is 0.263 e. The zero-order chi connectivity index (χ0) is 21.7. The number of ketones is 1. The van der Waals surface area contributed by atoms with Gasteiger partial charge in [0, 0.05) is 19.5 Å². The molecule has 156 valence electrons. The van der Waals surface area contributed by atoms with E-state index in [0.717, 1.165) is 34.3 Å². The van der Waals surface area contributed by atoms with Crippen LogP contribution in [0, 0.1) is 11.6 Å². The molecule has 31 heavy (non-hydrogen) atoms. The predicted octanol–water partition coefficient (Wildman–Crippen LogP) is 4.59. The second-order valence-corrected chi connectivity index (χ2v) is 7.51. The maximum Gasteiger partial charge on any atom is 0.263 e. The highest BCUT2D eigenvalue weighted by atomic mass is 19.1. The van der Waals surface area contributed by atoms with E-state index in [1.165, 1.54) is 6.07 Å². The first-order valence-electron chi connectivity index (χ1n) is 10.1. The average molecular weight is 419 g/mol. The van der Waals surface area contributed by atoms with E-state index in [1.807, 2.05) is 53.1 Å². The number of nitrogens with one attached hydrogen (secondary N) is 1. The molecule has 0 fully saturated rings. The Morgan fingerprint density at radius 1 is 1.00 bits per heavy atom. The summed E-state index contributed by atoms with van der Waals surface area (Å²) in [4.78, 5) is 29.8. The summed E-state index contributed by atoms with van der Waals surface area (Å²) < 4.78 is 28.2. The lowest BCUT2D eigenvalue weighted by Crippen LogP contribution is -2.40. The molecule has 3 aromatic carbocycles. The second kappa shape index (κ2) is 7.19. The van der Waals surface area contributed by atoms with E-state index in [9.17, 15) is 18.4 Å². The van der Waals surface area contributed by atoms with Crippen molar-refractivity contribution in [2.24, 2.45) is 0 Å². The molecule has 0 atom stereocenters. The van der Waals surface area contributed by atoms with E-state index in [4.69, 9.17) is 0 Å². The van der Waals surface area contributed by atoms with Crippen LogP contribution in [-0.2, 0) is 9.59 Å². The molecule has 0 bridgehead atoms. The minimum atomic E-state index is -0.896. The number of carbonyl (C=O) groups is 2. The number of carbonyl (C=O) groups excluding carboxylic acids is 2. The third kappa shape index (κ3) is 2.96. The van der Waals surface area contributed by atoms with Crippen LogP contribution in [-0.4, -0.2) is 24.8 Å². The third-order valence-corrected chi connectivity index (χ3v) is 5.75. The molecule has 0 saturated heterocycles. The van der Waals surface area contributed by atoms with Crippen molar-refractivity contribution in [1.29, 1.82) is 0 Å². The molecule has 3 aromatic rings. The minimum absolute atomic E-state index is 0.0870. The van der Waals surface area contributed by atoms with Gasteiger partial charge in [-0.25, -0.2) is 8.78 Å². The molecule has 2 aliphatic rings. The Balaban J connectivity index is 1.65. The highest BCUT2D eigenvalue weighted by molar-refractivity contribution is 6.26. The molecule has 0 saturated carbocycles. The zero-order valence-electron chi connectivity index (χ0n) is 16.8. The van der Waals surface area contributed by atoms with Crippen LogP contribution in [0.4, 0.5) is 25.8 Å². The molecule has 0 aromatic heterocycles. The number of para-hydroxylation sites is 1. The fourth-order valence-electron chi connectivity index (χ4n) is 4.32. The predicted molar refractivity (Wildman–Crippen MR) is 116 cm³/mol. The first-order chi connectivity index (χ1) is 15.0. The van der Waals surface area contributed by atoms with Gasteiger partial charge in [0.05, 0.1) is 11.4 Å². The summed E-state index contributed by atoms with van der Waals surface area (Å²) >= 11 is 0. The molecule has 2 heterocycles. The van der Waals surface area contributed by atoms with Crippen LogP contribution in [0.5, 0.6) is 0 Å². The van der Waals surface area contributed by atoms with Crippen LogP contribution in [0.3, 0.4) is 0 Å². The summed E-state index contributed by atoms with van der Waals surface area (Å²) in [5.74, 6) is -2.50. The summed E-state index contributed by atoms with van der Waals surface area (Å²) in [6, 6.07) is 15.3. The van der Waals surface area contributed by atoms with Gasteiger partial charge in [-0.2, -0.15) is 0 Å². The Hall–Kier alpha value is -3.74. The number of halogens is 2. The maximum atomic E-state index is 14.1. The van der Waals surface area contributed by atoms with Gasteiger partial charge in [0.1, 0.15) is 28.7 Å². The summed E-state index contributed by atoms with van der Waals surface area (Å²) in [6.45, 7) is 2.89. The van der Waals surface area contributed by atoms with E-state index in [0.29, 0.717) is 18.9 Å². The summed E-state index contributed by atoms with van der Waals surface area (Å²) in [5, 5.41) is 4.37. The van der Waals surface area contributed by atoms with Crippen LogP contribution in [0.15, 0.2) is 66.0 Å². The fourth-order valence-corrected chi connectivity index (χ4v) is 4.32. The lowest BCUT2D eigenvalue weighted by atomic mass is 10.0. The molecule has 2 aliphatic heterocycles. The molecule has 1 amide bonds. The van der Waals surface area contributed by atoms with Crippen LogP contribution in [0.1, 0.15) is 13.3 Å². The maximum absolute atomic E-state index is 14.1. The molecule has 0 aliphatic carbocycles. The van der Waals surface area contributed by atoms with E-state index in [1.54, 1.807) is 0 Å². The highest BCUT2D eigenvalue weighted by Gasteiger charge is 2.40. The zero-order valence-corrected chi connectivity index (χ0v) is 16.8. The molecule has 1 N–H and O–H groups in total. The van der Waals surface area contributed by atoms with Crippen LogP contribution >= 0.6 is 0 Å². The SMILES string of the molecule is CCN1C2=C(C(=O)Nc3c(F)cccc3F)C(=O)CCN2c2cc3ccccc3cc21. The number of nitrogens with zero attached hydrogens (tertiary/aromatic N) is 2. The standard InChI is InChI=1S/C24H19F2N3O2/c1-2-28-18-12-14-6-3-4-7-15(14)13-19(18)29-11-10-20(30)21(24(28)29)23(31)27-22-16(25)8-5-9-17(22)26/h3-9,12-13H,2,10-11H2,1H3,(H,27,31). The Labute approximate surface area is 177 Å². The van der Waals surface area contributed by atoms with E-state index < -0.39 is 23.2 Å². The van der Waals surface area contributed by atoms with Crippen molar-refractivity contribution < 1.29 is 18.4 Å². The quantitative estimate of drug-likeness (QED) is 0.631. The molecule has 0 radical (unpaired) electrons. The Bertz CT molecular complexity index is 1230. The number of Topliss-reactive ketones (excluding diaryl/α,β-unsaturated/α-hetero) is 1. The summed E-state index contributed by atoms with van der Waals surface area (Å²) in [5.41, 5.74) is 1.16. The third-order valence-electron chi connectivity index (χ3n) is 5.75. The van der Waals surface area contributed by atoms with Crippen LogP contribution in [0.2, 0.25) is 0 Å². The number of rotatable bonds is 3. The summed E-state index contributed by atoms with van der Waals surface area (Å²) in [7, 11) is 0.